The SMILES string of the molecule is Cc1cc(C2CNC2)ccn1.O=C(O)C(F)(F)F.O=C(O)C(F)(F)F. The number of rotatable bonds is 1. The number of hydrogen-bond acceptors (Lipinski definition) is 4. The molecule has 25 heavy (non-hydrogen) atoms. The number of carboxylic acids is 2. The number of nitrogens with zero attached hydrogens (tertiary/aromatic N) is 1. The molecule has 12 heteroatoms. The van der Waals surface area contributed by atoms with Crippen molar-refractivity contribution in [2.45, 2.75) is 25.2 Å². The van der Waals surface area contributed by atoms with E-state index in [-0.39, 0.29) is 0 Å². The van der Waals surface area contributed by atoms with E-state index in [0.717, 1.165) is 24.7 Å². The van der Waals surface area contributed by atoms with Gasteiger partial charge in [0, 0.05) is 30.9 Å². The lowest BCUT2D eigenvalue weighted by Gasteiger charge is -2.27. The highest BCUT2D eigenvalue weighted by atomic mass is 19.4. The zero-order chi connectivity index (χ0) is 19.8. The van der Waals surface area contributed by atoms with E-state index in [1.807, 2.05) is 13.1 Å². The van der Waals surface area contributed by atoms with E-state index in [0.29, 0.717) is 0 Å². The van der Waals surface area contributed by atoms with Crippen molar-refractivity contribution in [3.05, 3.63) is 29.6 Å². The summed E-state index contributed by atoms with van der Waals surface area (Å²) < 4.78 is 63.5. The largest absolute Gasteiger partial charge is 0.490 e. The molecule has 0 radical (unpaired) electrons. The van der Waals surface area contributed by atoms with Gasteiger partial charge in [-0.2, -0.15) is 26.3 Å². The molecule has 0 unspecified atom stereocenters. The molecule has 1 fully saturated rings. The van der Waals surface area contributed by atoms with Crippen LogP contribution in [-0.4, -0.2) is 52.6 Å². The lowest BCUT2D eigenvalue weighted by molar-refractivity contribution is -0.193. The van der Waals surface area contributed by atoms with E-state index in [1.165, 1.54) is 5.56 Å². The summed E-state index contributed by atoms with van der Waals surface area (Å²) in [6.07, 6.45) is -8.27. The van der Waals surface area contributed by atoms with Crippen LogP contribution in [0.4, 0.5) is 26.3 Å². The van der Waals surface area contributed by atoms with Crippen molar-refractivity contribution in [2.24, 2.45) is 0 Å². The quantitative estimate of drug-likeness (QED) is 0.651. The first-order valence-corrected chi connectivity index (χ1v) is 6.48. The number of aromatic nitrogens is 1. The average molecular weight is 376 g/mol. The Hall–Kier alpha value is -2.37. The second-order valence-electron chi connectivity index (χ2n) is 4.69. The molecule has 0 saturated carbocycles. The molecule has 2 heterocycles. The molecule has 1 aromatic heterocycles. The van der Waals surface area contributed by atoms with Crippen LogP contribution in [-0.2, 0) is 9.59 Å². The molecule has 2 rings (SSSR count). The zero-order valence-electron chi connectivity index (χ0n) is 12.6. The Morgan fingerprint density at radius 2 is 1.48 bits per heavy atom. The predicted octanol–water partition coefficient (Wildman–Crippen LogP) is 2.34. The number of nitrogens with one attached hydrogen (secondary N) is 1. The molecule has 1 saturated heterocycles. The minimum absolute atomic E-state index is 0.733. The van der Waals surface area contributed by atoms with Gasteiger partial charge < -0.3 is 15.5 Å². The Labute approximate surface area is 137 Å². The number of aryl methyl sites for hydroxylation is 1. The number of carboxylic acid groups (broad SMARTS) is 2. The van der Waals surface area contributed by atoms with Crippen LogP contribution in [0.2, 0.25) is 0 Å². The molecule has 0 spiro atoms. The third kappa shape index (κ3) is 9.49. The Kier molecular flexibility index (Phi) is 8.33. The van der Waals surface area contributed by atoms with Crippen LogP contribution >= 0.6 is 0 Å². The second-order valence-corrected chi connectivity index (χ2v) is 4.69. The summed E-state index contributed by atoms with van der Waals surface area (Å²) >= 11 is 0. The van der Waals surface area contributed by atoms with Crippen molar-refractivity contribution in [1.82, 2.24) is 10.3 Å². The first-order valence-electron chi connectivity index (χ1n) is 6.48. The fourth-order valence-electron chi connectivity index (χ4n) is 1.35. The molecule has 142 valence electrons. The van der Waals surface area contributed by atoms with Gasteiger partial charge in [-0.15, -0.1) is 0 Å². The van der Waals surface area contributed by atoms with Crippen LogP contribution in [0, 0.1) is 6.92 Å². The molecule has 0 aromatic carbocycles. The van der Waals surface area contributed by atoms with Crippen LogP contribution in [0.5, 0.6) is 0 Å². The topological polar surface area (TPSA) is 99.5 Å². The number of alkyl halides is 6. The normalized spacial score (nSPS) is 14.2. The monoisotopic (exact) mass is 376 g/mol. The molecular formula is C13H14F6N2O4. The fourth-order valence-corrected chi connectivity index (χ4v) is 1.35. The molecule has 0 bridgehead atoms. The van der Waals surface area contributed by atoms with E-state index in [9.17, 15) is 26.3 Å². The smallest absolute Gasteiger partial charge is 0.475 e. The van der Waals surface area contributed by atoms with Crippen molar-refractivity contribution in [3.63, 3.8) is 0 Å². The third-order valence-corrected chi connectivity index (χ3v) is 2.66. The lowest BCUT2D eigenvalue weighted by Crippen LogP contribution is -2.39. The molecule has 0 aliphatic carbocycles. The predicted molar refractivity (Wildman–Crippen MR) is 72.0 cm³/mol. The van der Waals surface area contributed by atoms with Crippen LogP contribution in [0.3, 0.4) is 0 Å². The molecule has 6 nitrogen and oxygen atoms in total. The van der Waals surface area contributed by atoms with Crippen LogP contribution in [0.1, 0.15) is 17.2 Å². The average Bonchev–Trinajstić information content (AvgIpc) is 2.35. The van der Waals surface area contributed by atoms with E-state index in [2.05, 4.69) is 22.4 Å². The van der Waals surface area contributed by atoms with Crippen LogP contribution in [0.15, 0.2) is 18.3 Å². The Balaban J connectivity index is 0.000000366. The maximum atomic E-state index is 10.6. The number of carbonyl (C=O) groups is 2. The Morgan fingerprint density at radius 3 is 1.72 bits per heavy atom. The van der Waals surface area contributed by atoms with Crippen LogP contribution in [0.25, 0.3) is 0 Å². The van der Waals surface area contributed by atoms with Gasteiger partial charge in [-0.25, -0.2) is 9.59 Å². The highest BCUT2D eigenvalue weighted by molar-refractivity contribution is 5.73. The molecule has 3 N–H and O–H groups in total. The summed E-state index contributed by atoms with van der Waals surface area (Å²) in [5.41, 5.74) is 2.55. The Bertz CT molecular complexity index is 561. The fraction of sp³-hybridized carbons (Fsp3) is 0.462. The highest BCUT2D eigenvalue weighted by Gasteiger charge is 2.38. The molecule has 1 aliphatic rings. The van der Waals surface area contributed by atoms with Crippen molar-refractivity contribution in [3.8, 4) is 0 Å². The minimum Gasteiger partial charge on any atom is -0.475 e. The van der Waals surface area contributed by atoms with Crippen molar-refractivity contribution < 1.29 is 46.1 Å². The van der Waals surface area contributed by atoms with Gasteiger partial charge >= 0.3 is 24.3 Å². The van der Waals surface area contributed by atoms with Gasteiger partial charge in [0.25, 0.3) is 0 Å². The zero-order valence-corrected chi connectivity index (χ0v) is 12.6. The molecule has 0 atom stereocenters. The van der Waals surface area contributed by atoms with Crippen molar-refractivity contribution in [1.29, 1.82) is 0 Å². The summed E-state index contributed by atoms with van der Waals surface area (Å²) in [6, 6.07) is 4.28. The first-order chi connectivity index (χ1) is 11.2. The minimum atomic E-state index is -5.08. The van der Waals surface area contributed by atoms with Gasteiger partial charge in [0.1, 0.15) is 0 Å². The molecule has 1 aromatic rings. The van der Waals surface area contributed by atoms with Gasteiger partial charge in [-0.05, 0) is 24.6 Å². The summed E-state index contributed by atoms with van der Waals surface area (Å²) in [6.45, 7) is 4.29. The van der Waals surface area contributed by atoms with Gasteiger partial charge in [-0.3, -0.25) is 4.98 Å². The van der Waals surface area contributed by atoms with Gasteiger partial charge in [0.15, 0.2) is 0 Å². The maximum absolute atomic E-state index is 10.6. The number of halogens is 6. The van der Waals surface area contributed by atoms with Crippen molar-refractivity contribution in [2.75, 3.05) is 13.1 Å². The maximum Gasteiger partial charge on any atom is 0.490 e. The second kappa shape index (κ2) is 9.20. The molecule has 0 amide bonds. The highest BCUT2D eigenvalue weighted by Crippen LogP contribution is 2.19. The lowest BCUT2D eigenvalue weighted by atomic mass is 9.94. The molecular weight excluding hydrogens is 362 g/mol. The summed E-state index contributed by atoms with van der Waals surface area (Å²) in [5, 5.41) is 17.5. The Morgan fingerprint density at radius 1 is 1.08 bits per heavy atom. The third-order valence-electron chi connectivity index (χ3n) is 2.66. The number of hydrogen-bond donors (Lipinski definition) is 3. The van der Waals surface area contributed by atoms with Gasteiger partial charge in [0.05, 0.1) is 0 Å². The van der Waals surface area contributed by atoms with Crippen molar-refractivity contribution >= 4 is 11.9 Å². The van der Waals surface area contributed by atoms with E-state index in [4.69, 9.17) is 19.8 Å². The van der Waals surface area contributed by atoms with E-state index < -0.39 is 24.3 Å². The molecule has 1 aliphatic heterocycles. The van der Waals surface area contributed by atoms with E-state index >= 15 is 0 Å². The first kappa shape index (κ1) is 22.6. The summed E-state index contributed by atoms with van der Waals surface area (Å²) in [7, 11) is 0. The standard InChI is InChI=1S/C9H12N2.2C2HF3O2/c1-7-4-8(2-3-11-7)9-5-10-6-9;2*3-2(4,5)1(6)7/h2-4,9-10H,5-6H2,1H3;2*(H,6,7). The number of aliphatic carboxylic acids is 2. The van der Waals surface area contributed by atoms with Gasteiger partial charge in [0.2, 0.25) is 0 Å². The summed E-state index contributed by atoms with van der Waals surface area (Å²) in [5.74, 6) is -4.78. The van der Waals surface area contributed by atoms with E-state index in [1.54, 1.807) is 0 Å². The van der Waals surface area contributed by atoms with Gasteiger partial charge in [-0.1, -0.05) is 0 Å². The number of pyridine rings is 1. The van der Waals surface area contributed by atoms with Crippen LogP contribution < -0.4 is 5.32 Å². The summed E-state index contributed by atoms with van der Waals surface area (Å²) in [4.78, 5) is 22.0.